The van der Waals surface area contributed by atoms with E-state index in [1.165, 1.54) is 30.0 Å². The van der Waals surface area contributed by atoms with Gasteiger partial charge in [0.2, 0.25) is 0 Å². The van der Waals surface area contributed by atoms with E-state index in [2.05, 4.69) is 29.4 Å². The molecule has 0 spiro atoms. The average molecular weight is 271 g/mol. The number of hydrogen-bond donors (Lipinski definition) is 1. The smallest absolute Gasteiger partial charge is 0.134 e. The molecule has 2 unspecified atom stereocenters. The molecular formula is C12H21N3S2. The SMILES string of the molecule is CCCNC(C)c1nnc(C2CCCCS2)s1. The standard InChI is InChI=1S/C12H21N3S2/c1-3-7-13-9(2)11-14-15-12(17-11)10-6-4-5-8-16-10/h9-10,13H,3-8H2,1-2H3. The predicted molar refractivity (Wildman–Crippen MR) is 75.7 cm³/mol. The molecule has 2 atom stereocenters. The van der Waals surface area contributed by atoms with Crippen LogP contribution in [0.15, 0.2) is 0 Å². The minimum atomic E-state index is 0.342. The van der Waals surface area contributed by atoms with Crippen LogP contribution < -0.4 is 5.32 Å². The van der Waals surface area contributed by atoms with Gasteiger partial charge in [0, 0.05) is 0 Å². The monoisotopic (exact) mass is 271 g/mol. The molecule has 5 heteroatoms. The summed E-state index contributed by atoms with van der Waals surface area (Å²) in [5.74, 6) is 1.28. The van der Waals surface area contributed by atoms with E-state index in [4.69, 9.17) is 0 Å². The van der Waals surface area contributed by atoms with Crippen molar-refractivity contribution < 1.29 is 0 Å². The van der Waals surface area contributed by atoms with Gasteiger partial charge in [-0.3, -0.25) is 0 Å². The Morgan fingerprint density at radius 2 is 2.29 bits per heavy atom. The number of rotatable bonds is 5. The van der Waals surface area contributed by atoms with Crippen LogP contribution in [0, 0.1) is 0 Å². The van der Waals surface area contributed by atoms with E-state index >= 15 is 0 Å². The van der Waals surface area contributed by atoms with E-state index in [1.54, 1.807) is 11.3 Å². The van der Waals surface area contributed by atoms with E-state index in [0.717, 1.165) is 18.0 Å². The summed E-state index contributed by atoms with van der Waals surface area (Å²) in [5.41, 5.74) is 0. The molecule has 1 fully saturated rings. The Bertz CT molecular complexity index is 334. The lowest BCUT2D eigenvalue weighted by Gasteiger charge is -2.18. The molecule has 1 aromatic rings. The summed E-state index contributed by atoms with van der Waals surface area (Å²) >= 11 is 3.84. The minimum absolute atomic E-state index is 0.342. The molecule has 17 heavy (non-hydrogen) atoms. The third-order valence-electron chi connectivity index (χ3n) is 2.98. The number of thioether (sulfide) groups is 1. The first-order valence-electron chi connectivity index (χ1n) is 6.49. The van der Waals surface area contributed by atoms with Crippen LogP contribution in [-0.4, -0.2) is 22.5 Å². The maximum atomic E-state index is 4.38. The topological polar surface area (TPSA) is 37.8 Å². The van der Waals surface area contributed by atoms with Crippen molar-refractivity contribution in [3.8, 4) is 0 Å². The number of nitrogens with zero attached hydrogens (tertiary/aromatic N) is 2. The van der Waals surface area contributed by atoms with Gasteiger partial charge in [0.05, 0.1) is 11.3 Å². The average Bonchev–Trinajstić information content (AvgIpc) is 2.86. The molecule has 0 aliphatic carbocycles. The van der Waals surface area contributed by atoms with Gasteiger partial charge >= 0.3 is 0 Å². The van der Waals surface area contributed by atoms with Crippen molar-refractivity contribution in [3.05, 3.63) is 10.0 Å². The van der Waals surface area contributed by atoms with Crippen LogP contribution in [0.25, 0.3) is 0 Å². The Balaban J connectivity index is 1.94. The number of nitrogens with one attached hydrogen (secondary N) is 1. The van der Waals surface area contributed by atoms with Crippen molar-refractivity contribution in [1.29, 1.82) is 0 Å². The van der Waals surface area contributed by atoms with E-state index in [-0.39, 0.29) is 0 Å². The fourth-order valence-electron chi connectivity index (χ4n) is 1.94. The van der Waals surface area contributed by atoms with Gasteiger partial charge in [-0.15, -0.1) is 10.2 Å². The molecule has 96 valence electrons. The number of aromatic nitrogens is 2. The Labute approximate surface area is 112 Å². The molecule has 2 rings (SSSR count). The largest absolute Gasteiger partial charge is 0.308 e. The molecule has 1 aliphatic rings. The lowest BCUT2D eigenvalue weighted by atomic mass is 10.2. The van der Waals surface area contributed by atoms with Crippen LogP contribution >= 0.6 is 23.1 Å². The van der Waals surface area contributed by atoms with Crippen molar-refractivity contribution >= 4 is 23.1 Å². The first-order chi connectivity index (χ1) is 8.31. The second-order valence-corrected chi connectivity index (χ2v) is 6.86. The van der Waals surface area contributed by atoms with E-state index in [9.17, 15) is 0 Å². The highest BCUT2D eigenvalue weighted by Crippen LogP contribution is 2.39. The first-order valence-corrected chi connectivity index (χ1v) is 8.36. The highest BCUT2D eigenvalue weighted by molar-refractivity contribution is 7.99. The maximum absolute atomic E-state index is 4.38. The third-order valence-corrected chi connectivity index (χ3v) is 5.74. The molecule has 0 amide bonds. The van der Waals surface area contributed by atoms with Crippen molar-refractivity contribution in [2.75, 3.05) is 12.3 Å². The summed E-state index contributed by atoms with van der Waals surface area (Å²) in [4.78, 5) is 0. The molecular weight excluding hydrogens is 250 g/mol. The Morgan fingerprint density at radius 3 is 3.00 bits per heavy atom. The minimum Gasteiger partial charge on any atom is -0.308 e. The van der Waals surface area contributed by atoms with Crippen molar-refractivity contribution in [1.82, 2.24) is 15.5 Å². The van der Waals surface area contributed by atoms with Gasteiger partial charge in [-0.05, 0) is 38.5 Å². The van der Waals surface area contributed by atoms with Gasteiger partial charge in [0.15, 0.2) is 0 Å². The quantitative estimate of drug-likeness (QED) is 0.888. The highest BCUT2D eigenvalue weighted by Gasteiger charge is 2.21. The van der Waals surface area contributed by atoms with Gasteiger partial charge in [-0.1, -0.05) is 24.7 Å². The zero-order valence-corrected chi connectivity index (χ0v) is 12.2. The van der Waals surface area contributed by atoms with Crippen LogP contribution in [0.5, 0.6) is 0 Å². The van der Waals surface area contributed by atoms with E-state index < -0.39 is 0 Å². The predicted octanol–water partition coefficient (Wildman–Crippen LogP) is 3.56. The van der Waals surface area contributed by atoms with Gasteiger partial charge < -0.3 is 5.32 Å². The summed E-state index contributed by atoms with van der Waals surface area (Å²) in [6, 6.07) is 0.342. The maximum Gasteiger partial charge on any atom is 0.134 e. The molecule has 0 bridgehead atoms. The normalized spacial score (nSPS) is 22.6. The third kappa shape index (κ3) is 3.66. The molecule has 0 aromatic carbocycles. The molecule has 3 nitrogen and oxygen atoms in total. The zero-order valence-electron chi connectivity index (χ0n) is 10.6. The van der Waals surface area contributed by atoms with Gasteiger partial charge in [-0.2, -0.15) is 11.8 Å². The highest BCUT2D eigenvalue weighted by atomic mass is 32.2. The van der Waals surface area contributed by atoms with Crippen LogP contribution in [0.3, 0.4) is 0 Å². The van der Waals surface area contributed by atoms with Crippen LogP contribution in [-0.2, 0) is 0 Å². The van der Waals surface area contributed by atoms with Crippen molar-refractivity contribution in [2.24, 2.45) is 0 Å². The Hall–Kier alpha value is -0.130. The summed E-state index contributed by atoms with van der Waals surface area (Å²) in [7, 11) is 0. The molecule has 0 radical (unpaired) electrons. The van der Waals surface area contributed by atoms with E-state index in [1.807, 2.05) is 11.8 Å². The van der Waals surface area contributed by atoms with Crippen molar-refractivity contribution in [3.63, 3.8) is 0 Å². The molecule has 1 saturated heterocycles. The fourth-order valence-corrected chi connectivity index (χ4v) is 4.35. The molecule has 1 N–H and O–H groups in total. The summed E-state index contributed by atoms with van der Waals surface area (Å²) in [6.07, 6.45) is 5.14. The first kappa shape index (κ1) is 13.3. The molecule has 1 aliphatic heterocycles. The lowest BCUT2D eigenvalue weighted by Crippen LogP contribution is -2.19. The summed E-state index contributed by atoms with van der Waals surface area (Å²) < 4.78 is 0. The fraction of sp³-hybridized carbons (Fsp3) is 0.833. The lowest BCUT2D eigenvalue weighted by molar-refractivity contribution is 0.563. The summed E-state index contributed by atoms with van der Waals surface area (Å²) in [6.45, 7) is 5.41. The molecule has 1 aromatic heterocycles. The number of hydrogen-bond acceptors (Lipinski definition) is 5. The second kappa shape index (κ2) is 6.71. The van der Waals surface area contributed by atoms with Gasteiger partial charge in [0.1, 0.15) is 10.0 Å². The van der Waals surface area contributed by atoms with E-state index in [0.29, 0.717) is 11.3 Å². The van der Waals surface area contributed by atoms with Gasteiger partial charge in [0.25, 0.3) is 0 Å². The summed E-state index contributed by atoms with van der Waals surface area (Å²) in [5, 5.41) is 15.2. The van der Waals surface area contributed by atoms with Crippen LogP contribution in [0.1, 0.15) is 60.8 Å². The molecule has 2 heterocycles. The van der Waals surface area contributed by atoms with Crippen molar-refractivity contribution in [2.45, 2.75) is 50.8 Å². The Morgan fingerprint density at radius 1 is 1.41 bits per heavy atom. The molecule has 0 saturated carbocycles. The van der Waals surface area contributed by atoms with Crippen LogP contribution in [0.2, 0.25) is 0 Å². The van der Waals surface area contributed by atoms with Gasteiger partial charge in [-0.25, -0.2) is 0 Å². The second-order valence-electron chi connectivity index (χ2n) is 4.51. The Kier molecular flexibility index (Phi) is 5.25. The zero-order chi connectivity index (χ0) is 12.1. The van der Waals surface area contributed by atoms with Crippen LogP contribution in [0.4, 0.5) is 0 Å².